The first-order chi connectivity index (χ1) is 8.56. The molecule has 18 heavy (non-hydrogen) atoms. The molecule has 1 unspecified atom stereocenters. The number of nitrogens with zero attached hydrogens (tertiary/aromatic N) is 1. The molecule has 1 saturated carbocycles. The standard InChI is InChI=1S/C13H17FN2O2/c1-8(13(15)17)2-5-10-6-11(18-16-10)7-12(14)9-3-4-9/h6-9H,2-5H2,1H3,(H2,15,17)/b12-7-. The van der Waals surface area contributed by atoms with Crippen LogP contribution in [-0.4, -0.2) is 11.1 Å². The van der Waals surface area contributed by atoms with E-state index in [4.69, 9.17) is 10.3 Å². The minimum absolute atomic E-state index is 0.0773. The zero-order valence-corrected chi connectivity index (χ0v) is 10.4. The number of primary amides is 1. The predicted octanol–water partition coefficient (Wildman–Crippen LogP) is 2.45. The molecule has 1 heterocycles. The Hall–Kier alpha value is -1.65. The van der Waals surface area contributed by atoms with Crippen LogP contribution >= 0.6 is 0 Å². The Morgan fingerprint density at radius 1 is 1.72 bits per heavy atom. The van der Waals surface area contributed by atoms with Crippen molar-refractivity contribution >= 4 is 12.0 Å². The van der Waals surface area contributed by atoms with Gasteiger partial charge in [-0.1, -0.05) is 12.1 Å². The van der Waals surface area contributed by atoms with Crippen LogP contribution < -0.4 is 5.73 Å². The fourth-order valence-corrected chi connectivity index (χ4v) is 1.63. The molecule has 0 spiro atoms. The highest BCUT2D eigenvalue weighted by Gasteiger charge is 2.26. The molecule has 0 saturated heterocycles. The summed E-state index contributed by atoms with van der Waals surface area (Å²) in [6.07, 6.45) is 4.45. The first-order valence-corrected chi connectivity index (χ1v) is 6.18. The van der Waals surface area contributed by atoms with Gasteiger partial charge < -0.3 is 10.3 Å². The summed E-state index contributed by atoms with van der Waals surface area (Å²) in [5.74, 6) is -0.139. The van der Waals surface area contributed by atoms with Gasteiger partial charge in [0.1, 0.15) is 5.83 Å². The molecule has 98 valence electrons. The van der Waals surface area contributed by atoms with Gasteiger partial charge >= 0.3 is 0 Å². The highest BCUT2D eigenvalue weighted by Crippen LogP contribution is 2.38. The van der Waals surface area contributed by atoms with E-state index in [-0.39, 0.29) is 23.6 Å². The lowest BCUT2D eigenvalue weighted by Crippen LogP contribution is -2.20. The smallest absolute Gasteiger partial charge is 0.220 e. The molecule has 1 aliphatic carbocycles. The Kier molecular flexibility index (Phi) is 3.79. The summed E-state index contributed by atoms with van der Waals surface area (Å²) in [7, 11) is 0. The van der Waals surface area contributed by atoms with Crippen molar-refractivity contribution in [1.29, 1.82) is 0 Å². The van der Waals surface area contributed by atoms with Crippen molar-refractivity contribution < 1.29 is 13.7 Å². The topological polar surface area (TPSA) is 69.1 Å². The van der Waals surface area contributed by atoms with E-state index < -0.39 is 0 Å². The van der Waals surface area contributed by atoms with Crippen LogP contribution in [0.1, 0.15) is 37.6 Å². The zero-order chi connectivity index (χ0) is 13.1. The van der Waals surface area contributed by atoms with Gasteiger partial charge in [-0.15, -0.1) is 0 Å². The Bertz CT molecular complexity index is 463. The Labute approximate surface area is 105 Å². The van der Waals surface area contributed by atoms with Crippen LogP contribution in [0.2, 0.25) is 0 Å². The van der Waals surface area contributed by atoms with E-state index >= 15 is 0 Å². The summed E-state index contributed by atoms with van der Waals surface area (Å²) in [4.78, 5) is 10.9. The monoisotopic (exact) mass is 252 g/mol. The van der Waals surface area contributed by atoms with Crippen molar-refractivity contribution in [3.63, 3.8) is 0 Å². The molecule has 2 N–H and O–H groups in total. The Morgan fingerprint density at radius 3 is 3.06 bits per heavy atom. The molecule has 4 nitrogen and oxygen atoms in total. The number of allylic oxidation sites excluding steroid dienone is 1. The van der Waals surface area contributed by atoms with Crippen LogP contribution in [0.15, 0.2) is 16.4 Å². The van der Waals surface area contributed by atoms with Crippen LogP contribution in [0.3, 0.4) is 0 Å². The van der Waals surface area contributed by atoms with Gasteiger partial charge in [-0.3, -0.25) is 4.79 Å². The molecule has 0 aromatic carbocycles. The third-order valence-electron chi connectivity index (χ3n) is 3.14. The van der Waals surface area contributed by atoms with Gasteiger partial charge in [-0.2, -0.15) is 0 Å². The average molecular weight is 252 g/mol. The first-order valence-electron chi connectivity index (χ1n) is 6.18. The van der Waals surface area contributed by atoms with E-state index in [1.54, 1.807) is 13.0 Å². The molecule has 5 heteroatoms. The summed E-state index contributed by atoms with van der Waals surface area (Å²) in [5.41, 5.74) is 5.89. The van der Waals surface area contributed by atoms with Crippen molar-refractivity contribution in [2.24, 2.45) is 17.6 Å². The Morgan fingerprint density at radius 2 is 2.44 bits per heavy atom. The highest BCUT2D eigenvalue weighted by molar-refractivity contribution is 5.76. The lowest BCUT2D eigenvalue weighted by Gasteiger charge is -2.03. The molecule has 1 fully saturated rings. The summed E-state index contributed by atoms with van der Waals surface area (Å²) in [5, 5.41) is 3.84. The van der Waals surface area contributed by atoms with Crippen molar-refractivity contribution in [3.05, 3.63) is 23.3 Å². The summed E-state index contributed by atoms with van der Waals surface area (Å²) >= 11 is 0. The normalized spacial score (nSPS) is 17.8. The third kappa shape index (κ3) is 3.42. The van der Waals surface area contributed by atoms with Crippen molar-refractivity contribution in [3.8, 4) is 0 Å². The Balaban J connectivity index is 1.89. The van der Waals surface area contributed by atoms with E-state index in [0.29, 0.717) is 18.6 Å². The molecule has 1 aliphatic rings. The van der Waals surface area contributed by atoms with E-state index in [0.717, 1.165) is 18.5 Å². The maximum Gasteiger partial charge on any atom is 0.220 e. The number of nitrogens with two attached hydrogens (primary N) is 1. The second-order valence-electron chi connectivity index (χ2n) is 4.87. The van der Waals surface area contributed by atoms with Crippen LogP contribution in [0, 0.1) is 11.8 Å². The van der Waals surface area contributed by atoms with Crippen LogP contribution in [0.5, 0.6) is 0 Å². The summed E-state index contributed by atoms with van der Waals surface area (Å²) < 4.78 is 18.4. The van der Waals surface area contributed by atoms with E-state index in [2.05, 4.69) is 5.16 Å². The quantitative estimate of drug-likeness (QED) is 0.845. The predicted molar refractivity (Wildman–Crippen MR) is 65.0 cm³/mol. The maximum absolute atomic E-state index is 13.4. The average Bonchev–Trinajstić information content (AvgIpc) is 3.09. The second kappa shape index (κ2) is 5.33. The van der Waals surface area contributed by atoms with Gasteiger partial charge in [-0.05, 0) is 25.7 Å². The number of carbonyl (C=O) groups excluding carboxylic acids is 1. The van der Waals surface area contributed by atoms with Gasteiger partial charge in [0, 0.05) is 24.0 Å². The highest BCUT2D eigenvalue weighted by atomic mass is 19.1. The minimum Gasteiger partial charge on any atom is -0.369 e. The van der Waals surface area contributed by atoms with Gasteiger partial charge in [0.25, 0.3) is 0 Å². The number of aryl methyl sites for hydroxylation is 1. The molecule has 1 amide bonds. The lowest BCUT2D eigenvalue weighted by atomic mass is 10.0. The van der Waals surface area contributed by atoms with Gasteiger partial charge in [-0.25, -0.2) is 4.39 Å². The minimum atomic E-state index is -0.321. The van der Waals surface area contributed by atoms with Gasteiger partial charge in [0.15, 0.2) is 5.76 Å². The molecule has 1 aromatic heterocycles. The van der Waals surface area contributed by atoms with E-state index in [9.17, 15) is 9.18 Å². The summed E-state index contributed by atoms with van der Waals surface area (Å²) in [6.45, 7) is 1.77. The molecule has 1 atom stereocenters. The number of hydrogen-bond donors (Lipinski definition) is 1. The van der Waals surface area contributed by atoms with Gasteiger partial charge in [0.05, 0.1) is 5.69 Å². The number of hydrogen-bond acceptors (Lipinski definition) is 3. The lowest BCUT2D eigenvalue weighted by molar-refractivity contribution is -0.121. The molecule has 2 rings (SSSR count). The number of carbonyl (C=O) groups is 1. The van der Waals surface area contributed by atoms with Crippen LogP contribution in [0.4, 0.5) is 4.39 Å². The fraction of sp³-hybridized carbons (Fsp3) is 0.538. The summed E-state index contributed by atoms with van der Waals surface area (Å²) in [6, 6.07) is 1.70. The molecule has 1 aromatic rings. The largest absolute Gasteiger partial charge is 0.369 e. The molecule has 0 bridgehead atoms. The second-order valence-corrected chi connectivity index (χ2v) is 4.87. The SMILES string of the molecule is CC(CCc1cc(/C=C(\F)C2CC2)on1)C(N)=O. The number of amides is 1. The first kappa shape index (κ1) is 12.8. The molecule has 0 radical (unpaired) electrons. The van der Waals surface area contributed by atoms with Crippen LogP contribution in [0.25, 0.3) is 6.08 Å². The van der Waals surface area contributed by atoms with E-state index in [1.807, 2.05) is 0 Å². The third-order valence-corrected chi connectivity index (χ3v) is 3.14. The maximum atomic E-state index is 13.4. The number of rotatable bonds is 6. The zero-order valence-electron chi connectivity index (χ0n) is 10.4. The molecular formula is C13H17FN2O2. The number of aromatic nitrogens is 1. The van der Waals surface area contributed by atoms with Crippen LogP contribution in [-0.2, 0) is 11.2 Å². The van der Waals surface area contributed by atoms with Crippen molar-refractivity contribution in [2.45, 2.75) is 32.6 Å². The molecular weight excluding hydrogens is 235 g/mol. The van der Waals surface area contributed by atoms with E-state index in [1.165, 1.54) is 6.08 Å². The fourth-order valence-electron chi connectivity index (χ4n) is 1.63. The van der Waals surface area contributed by atoms with Crippen molar-refractivity contribution in [1.82, 2.24) is 5.16 Å². The van der Waals surface area contributed by atoms with Crippen molar-refractivity contribution in [2.75, 3.05) is 0 Å². The van der Waals surface area contributed by atoms with Gasteiger partial charge in [0.2, 0.25) is 5.91 Å². The molecule has 0 aliphatic heterocycles. The number of halogens is 1.